The van der Waals surface area contributed by atoms with Gasteiger partial charge in [0.15, 0.2) is 0 Å². The molecule has 0 radical (unpaired) electrons. The molecule has 0 bridgehead atoms. The molecule has 0 heterocycles. The van der Waals surface area contributed by atoms with Gasteiger partial charge in [-0.3, -0.25) is 0 Å². The normalized spacial score (nSPS) is 12.3. The number of hydrogen-bond acceptors (Lipinski definition) is 3. The maximum atomic E-state index is 12.7. The first kappa shape index (κ1) is 20.3. The minimum absolute atomic E-state index is 0.107. The van der Waals surface area contributed by atoms with Crippen molar-refractivity contribution in [3.63, 3.8) is 0 Å². The number of methoxy groups -OCH3 is 1. The molecule has 142 valence electrons. The molecule has 0 aromatic heterocycles. The molecule has 0 aliphatic heterocycles. The summed E-state index contributed by atoms with van der Waals surface area (Å²) >= 11 is 0. The molecule has 0 fully saturated rings. The monoisotopic (exact) mass is 387 g/mol. The lowest BCUT2D eigenvalue weighted by molar-refractivity contribution is -0.137. The van der Waals surface area contributed by atoms with Crippen molar-refractivity contribution in [3.8, 4) is 5.75 Å². The third-order valence-corrected chi connectivity index (χ3v) is 5.90. The van der Waals surface area contributed by atoms with Gasteiger partial charge in [0, 0.05) is 6.54 Å². The van der Waals surface area contributed by atoms with Crippen molar-refractivity contribution in [2.75, 3.05) is 7.11 Å². The lowest BCUT2D eigenvalue weighted by Crippen LogP contribution is -2.25. The van der Waals surface area contributed by atoms with E-state index in [2.05, 4.69) is 4.72 Å². The highest BCUT2D eigenvalue weighted by atomic mass is 32.2. The van der Waals surface area contributed by atoms with Crippen molar-refractivity contribution in [1.82, 2.24) is 4.72 Å². The molecule has 0 aliphatic rings. The summed E-state index contributed by atoms with van der Waals surface area (Å²) in [6.07, 6.45) is -4.42. The van der Waals surface area contributed by atoms with Crippen molar-refractivity contribution in [3.05, 3.63) is 58.1 Å². The van der Waals surface area contributed by atoms with Crippen LogP contribution >= 0.6 is 0 Å². The minimum Gasteiger partial charge on any atom is -0.496 e. The fraction of sp³-hybridized carbons (Fsp3) is 0.333. The fourth-order valence-corrected chi connectivity index (χ4v) is 4.25. The largest absolute Gasteiger partial charge is 0.496 e. The summed E-state index contributed by atoms with van der Waals surface area (Å²) in [5.74, 6) is 0.599. The highest BCUT2D eigenvalue weighted by Crippen LogP contribution is 2.31. The van der Waals surface area contributed by atoms with Gasteiger partial charge in [-0.2, -0.15) is 13.2 Å². The summed E-state index contributed by atoms with van der Waals surface area (Å²) < 4.78 is 70.8. The van der Waals surface area contributed by atoms with Crippen LogP contribution in [0, 0.1) is 20.8 Å². The molecule has 8 heteroatoms. The molecule has 0 saturated carbocycles. The van der Waals surface area contributed by atoms with Gasteiger partial charge in [-0.05, 0) is 61.2 Å². The van der Waals surface area contributed by atoms with Gasteiger partial charge in [0.25, 0.3) is 0 Å². The van der Waals surface area contributed by atoms with Gasteiger partial charge in [-0.1, -0.05) is 12.1 Å². The number of rotatable bonds is 5. The number of ether oxygens (including phenoxy) is 1. The van der Waals surface area contributed by atoms with Crippen molar-refractivity contribution in [2.24, 2.45) is 0 Å². The Morgan fingerprint density at radius 1 is 1.04 bits per heavy atom. The van der Waals surface area contributed by atoms with E-state index in [4.69, 9.17) is 4.74 Å². The Morgan fingerprint density at radius 2 is 1.62 bits per heavy atom. The Morgan fingerprint density at radius 3 is 2.12 bits per heavy atom. The zero-order valence-corrected chi connectivity index (χ0v) is 15.7. The van der Waals surface area contributed by atoms with Gasteiger partial charge in [-0.15, -0.1) is 0 Å². The van der Waals surface area contributed by atoms with Crippen LogP contribution in [0.1, 0.15) is 27.8 Å². The summed E-state index contributed by atoms with van der Waals surface area (Å²) in [6, 6.07) is 6.01. The van der Waals surface area contributed by atoms with Crippen LogP contribution in [0.4, 0.5) is 13.2 Å². The number of nitrogens with one attached hydrogen (secondary N) is 1. The smallest absolute Gasteiger partial charge is 0.416 e. The van der Waals surface area contributed by atoms with E-state index in [-0.39, 0.29) is 11.4 Å². The van der Waals surface area contributed by atoms with Gasteiger partial charge >= 0.3 is 6.18 Å². The highest BCUT2D eigenvalue weighted by molar-refractivity contribution is 7.89. The molecule has 2 aromatic carbocycles. The van der Waals surface area contributed by atoms with E-state index in [1.807, 2.05) is 0 Å². The van der Waals surface area contributed by atoms with Crippen LogP contribution in [0.3, 0.4) is 0 Å². The fourth-order valence-electron chi connectivity index (χ4n) is 2.71. The predicted molar refractivity (Wildman–Crippen MR) is 92.7 cm³/mol. The van der Waals surface area contributed by atoms with Crippen molar-refractivity contribution in [1.29, 1.82) is 0 Å². The number of hydrogen-bond donors (Lipinski definition) is 1. The van der Waals surface area contributed by atoms with E-state index in [1.54, 1.807) is 26.8 Å². The van der Waals surface area contributed by atoms with Crippen LogP contribution in [-0.4, -0.2) is 15.5 Å². The first-order valence-corrected chi connectivity index (χ1v) is 9.26. The maximum absolute atomic E-state index is 12.7. The third kappa shape index (κ3) is 4.19. The second kappa shape index (κ2) is 7.28. The molecule has 4 nitrogen and oxygen atoms in total. The summed E-state index contributed by atoms with van der Waals surface area (Å²) in [4.78, 5) is 0.155. The maximum Gasteiger partial charge on any atom is 0.416 e. The number of alkyl halides is 3. The van der Waals surface area contributed by atoms with Crippen LogP contribution in [0.2, 0.25) is 0 Å². The first-order chi connectivity index (χ1) is 12.0. The van der Waals surface area contributed by atoms with E-state index >= 15 is 0 Å². The number of benzene rings is 2. The summed E-state index contributed by atoms with van der Waals surface area (Å²) in [5.41, 5.74) is 1.48. The lowest BCUT2D eigenvalue weighted by atomic mass is 10.1. The molecule has 0 saturated heterocycles. The Kier molecular flexibility index (Phi) is 5.67. The Hall–Kier alpha value is -2.06. The van der Waals surface area contributed by atoms with Crippen molar-refractivity contribution >= 4 is 10.0 Å². The van der Waals surface area contributed by atoms with Gasteiger partial charge in [0.1, 0.15) is 5.75 Å². The van der Waals surface area contributed by atoms with E-state index in [0.717, 1.165) is 12.1 Å². The molecular weight excluding hydrogens is 367 g/mol. The molecule has 0 spiro atoms. The Balaban J connectivity index is 2.26. The zero-order chi connectivity index (χ0) is 19.7. The van der Waals surface area contributed by atoms with Crippen LogP contribution in [0.15, 0.2) is 35.2 Å². The molecular formula is C18H20F3NO3S. The average molecular weight is 387 g/mol. The van der Waals surface area contributed by atoms with Crippen LogP contribution < -0.4 is 9.46 Å². The zero-order valence-electron chi connectivity index (χ0n) is 14.9. The number of aryl methyl sites for hydroxylation is 1. The lowest BCUT2D eigenvalue weighted by Gasteiger charge is -2.17. The standard InChI is InChI=1S/C18H20F3NO3S/c1-11-9-16(25-4)12(2)13(3)17(11)26(23,24)22-10-14-5-7-15(8-6-14)18(19,20)21/h5-9,22H,10H2,1-4H3. The molecule has 26 heavy (non-hydrogen) atoms. The van der Waals surface area contributed by atoms with E-state index < -0.39 is 21.8 Å². The number of sulfonamides is 1. The third-order valence-electron chi connectivity index (χ3n) is 4.21. The summed E-state index contributed by atoms with van der Waals surface area (Å²) in [5, 5.41) is 0. The molecule has 0 aliphatic carbocycles. The van der Waals surface area contributed by atoms with Gasteiger partial charge in [-0.25, -0.2) is 13.1 Å². The molecule has 2 rings (SSSR count). The summed E-state index contributed by atoms with van der Waals surface area (Å²) in [6.45, 7) is 5.02. The average Bonchev–Trinajstić information content (AvgIpc) is 2.56. The topological polar surface area (TPSA) is 55.4 Å². The van der Waals surface area contributed by atoms with Crippen LogP contribution in [0.5, 0.6) is 5.75 Å². The predicted octanol–water partition coefficient (Wildman–Crippen LogP) is 4.12. The number of halogens is 3. The van der Waals surface area contributed by atoms with Crippen molar-refractivity contribution < 1.29 is 26.3 Å². The SMILES string of the molecule is COc1cc(C)c(S(=O)(=O)NCc2ccc(C(F)(F)F)cc2)c(C)c1C. The minimum atomic E-state index is -4.42. The highest BCUT2D eigenvalue weighted by Gasteiger charge is 2.30. The van der Waals surface area contributed by atoms with Crippen LogP contribution in [-0.2, 0) is 22.7 Å². The second-order valence-corrected chi connectivity index (χ2v) is 7.70. The quantitative estimate of drug-likeness (QED) is 0.840. The van der Waals surface area contributed by atoms with E-state index in [9.17, 15) is 21.6 Å². The molecule has 0 atom stereocenters. The van der Waals surface area contributed by atoms with Gasteiger partial charge in [0.2, 0.25) is 10.0 Å². The summed E-state index contributed by atoms with van der Waals surface area (Å²) in [7, 11) is -2.32. The Bertz CT molecular complexity index is 905. The molecule has 0 amide bonds. The first-order valence-electron chi connectivity index (χ1n) is 7.78. The Labute approximate surface area is 151 Å². The molecule has 2 aromatic rings. The second-order valence-electron chi connectivity index (χ2n) is 5.99. The van der Waals surface area contributed by atoms with Crippen molar-refractivity contribution in [2.45, 2.75) is 38.4 Å². The molecule has 0 unspecified atom stereocenters. The van der Waals surface area contributed by atoms with Gasteiger partial charge < -0.3 is 4.74 Å². The molecule has 1 N–H and O–H groups in total. The van der Waals surface area contributed by atoms with Crippen LogP contribution in [0.25, 0.3) is 0 Å². The van der Waals surface area contributed by atoms with E-state index in [1.165, 1.54) is 19.2 Å². The van der Waals surface area contributed by atoms with E-state index in [0.29, 0.717) is 28.0 Å². The van der Waals surface area contributed by atoms with Gasteiger partial charge in [0.05, 0.1) is 17.6 Å².